The van der Waals surface area contributed by atoms with Crippen LogP contribution in [-0.4, -0.2) is 71.8 Å². The maximum Gasteiger partial charge on any atom is 0.463 e. The lowest BCUT2D eigenvalue weighted by molar-refractivity contribution is -0.270. The van der Waals surface area contributed by atoms with Crippen molar-refractivity contribution in [2.75, 3.05) is 13.1 Å². The normalized spacial score (nSPS) is 28.0. The van der Waals surface area contributed by atoms with Gasteiger partial charge in [-0.25, -0.2) is 0 Å². The molecule has 0 aromatic carbocycles. The Morgan fingerprint density at radius 3 is 2.24 bits per heavy atom. The van der Waals surface area contributed by atoms with E-state index in [-0.39, 0.29) is 36.1 Å². The second-order valence-electron chi connectivity index (χ2n) is 11.9. The van der Waals surface area contributed by atoms with Gasteiger partial charge in [0.25, 0.3) is 0 Å². The number of nitriles is 1. The molecule has 2 aliphatic heterocycles. The Morgan fingerprint density at radius 1 is 1.16 bits per heavy atom. The van der Waals surface area contributed by atoms with E-state index in [0.717, 1.165) is 4.90 Å². The smallest absolute Gasteiger partial charge is 0.356 e. The SMILES string of the molecule is CC(C)(C)[C@H](NC(=O)C(F)(F)C(F)(F)F)C(=O)N1C[C@H]2[C@@H]([C@H]1C(=O)N[C@H](C#N)C[C@@H]1CCNC1=O)C2(C)C. The molecule has 0 unspecified atom stereocenters. The minimum absolute atomic E-state index is 0.0228. The van der Waals surface area contributed by atoms with Crippen LogP contribution >= 0.6 is 0 Å². The summed E-state index contributed by atoms with van der Waals surface area (Å²) in [5.74, 6) is -11.3. The van der Waals surface area contributed by atoms with Crippen LogP contribution in [0.3, 0.4) is 0 Å². The number of nitrogens with zero attached hydrogens (tertiary/aromatic N) is 2. The van der Waals surface area contributed by atoms with Crippen LogP contribution in [0.25, 0.3) is 0 Å². The molecule has 4 amide bonds. The van der Waals surface area contributed by atoms with Crippen LogP contribution < -0.4 is 16.0 Å². The van der Waals surface area contributed by atoms with E-state index >= 15 is 0 Å². The van der Waals surface area contributed by atoms with E-state index in [9.17, 15) is 46.4 Å². The van der Waals surface area contributed by atoms with Gasteiger partial charge in [0.2, 0.25) is 17.7 Å². The highest BCUT2D eigenvalue weighted by molar-refractivity contribution is 5.95. The van der Waals surface area contributed by atoms with Gasteiger partial charge in [-0.05, 0) is 35.5 Å². The number of carbonyl (C=O) groups is 4. The first-order valence-electron chi connectivity index (χ1n) is 12.3. The molecule has 3 rings (SSSR count). The number of hydrogen-bond donors (Lipinski definition) is 3. The van der Waals surface area contributed by atoms with Crippen LogP contribution in [0.5, 0.6) is 0 Å². The van der Waals surface area contributed by atoms with Gasteiger partial charge in [0.1, 0.15) is 18.1 Å². The highest BCUT2D eigenvalue weighted by Gasteiger charge is 2.70. The molecule has 1 saturated carbocycles. The lowest BCUT2D eigenvalue weighted by Crippen LogP contribution is -2.62. The summed E-state index contributed by atoms with van der Waals surface area (Å²) in [6.07, 6.45) is -5.61. The minimum atomic E-state index is -6.16. The van der Waals surface area contributed by atoms with Crippen molar-refractivity contribution in [3.63, 3.8) is 0 Å². The number of alkyl halides is 5. The van der Waals surface area contributed by atoms with Gasteiger partial charge in [0.05, 0.1) is 6.07 Å². The number of carbonyl (C=O) groups excluding carboxylic acids is 4. The van der Waals surface area contributed by atoms with Crippen molar-refractivity contribution < 1.29 is 41.1 Å². The van der Waals surface area contributed by atoms with Gasteiger partial charge < -0.3 is 20.9 Å². The quantitative estimate of drug-likeness (QED) is 0.417. The first-order chi connectivity index (χ1) is 17.2. The first-order valence-corrected chi connectivity index (χ1v) is 12.3. The molecule has 0 aromatic heterocycles. The van der Waals surface area contributed by atoms with E-state index in [4.69, 9.17) is 0 Å². The second kappa shape index (κ2) is 9.64. The molecule has 2 heterocycles. The van der Waals surface area contributed by atoms with Crippen molar-refractivity contribution in [3.05, 3.63) is 0 Å². The van der Waals surface area contributed by atoms with E-state index < -0.39 is 59.3 Å². The molecule has 0 bridgehead atoms. The Bertz CT molecular complexity index is 1050. The van der Waals surface area contributed by atoms with Gasteiger partial charge in [-0.15, -0.1) is 0 Å². The summed E-state index contributed by atoms with van der Waals surface area (Å²) >= 11 is 0. The van der Waals surface area contributed by atoms with Crippen molar-refractivity contribution in [1.29, 1.82) is 5.26 Å². The topological polar surface area (TPSA) is 131 Å². The predicted octanol–water partition coefficient (Wildman–Crippen LogP) is 1.73. The third kappa shape index (κ3) is 5.29. The van der Waals surface area contributed by atoms with Gasteiger partial charge in [0.15, 0.2) is 0 Å². The maximum absolute atomic E-state index is 13.7. The summed E-state index contributed by atoms with van der Waals surface area (Å²) in [7, 11) is 0. The molecule has 3 fully saturated rings. The zero-order chi connectivity index (χ0) is 29.0. The van der Waals surface area contributed by atoms with E-state index in [1.165, 1.54) is 20.8 Å². The van der Waals surface area contributed by atoms with Crippen LogP contribution in [0.2, 0.25) is 0 Å². The van der Waals surface area contributed by atoms with Gasteiger partial charge in [-0.2, -0.15) is 27.2 Å². The van der Waals surface area contributed by atoms with Crippen molar-refractivity contribution in [3.8, 4) is 6.07 Å². The molecule has 212 valence electrons. The zero-order valence-corrected chi connectivity index (χ0v) is 21.7. The summed E-state index contributed by atoms with van der Waals surface area (Å²) in [5.41, 5.74) is -1.65. The molecule has 38 heavy (non-hydrogen) atoms. The number of halogens is 5. The molecule has 2 saturated heterocycles. The average molecular weight is 550 g/mol. The molecular weight excluding hydrogens is 517 g/mol. The number of fused-ring (bicyclic) bond motifs is 1. The summed E-state index contributed by atoms with van der Waals surface area (Å²) in [6.45, 7) is 8.38. The van der Waals surface area contributed by atoms with Crippen LogP contribution in [0.15, 0.2) is 0 Å². The summed E-state index contributed by atoms with van der Waals surface area (Å²) < 4.78 is 65.6. The molecule has 14 heteroatoms. The van der Waals surface area contributed by atoms with Gasteiger partial charge in [-0.3, -0.25) is 19.2 Å². The summed E-state index contributed by atoms with van der Waals surface area (Å²) in [4.78, 5) is 51.9. The number of rotatable bonds is 7. The molecule has 0 aromatic rings. The van der Waals surface area contributed by atoms with Gasteiger partial charge in [0, 0.05) is 19.0 Å². The first kappa shape index (κ1) is 29.6. The largest absolute Gasteiger partial charge is 0.463 e. The highest BCUT2D eigenvalue weighted by atomic mass is 19.4. The fraction of sp³-hybridized carbons (Fsp3) is 0.792. The van der Waals surface area contributed by atoms with E-state index in [0.29, 0.717) is 13.0 Å². The Balaban J connectivity index is 1.83. The average Bonchev–Trinajstić information content (AvgIpc) is 3.14. The Morgan fingerprint density at radius 2 is 1.76 bits per heavy atom. The van der Waals surface area contributed by atoms with Crippen LogP contribution in [0.1, 0.15) is 47.5 Å². The fourth-order valence-corrected chi connectivity index (χ4v) is 5.53. The number of nitrogens with one attached hydrogen (secondary N) is 3. The van der Waals surface area contributed by atoms with E-state index in [2.05, 4.69) is 10.6 Å². The van der Waals surface area contributed by atoms with Gasteiger partial charge >= 0.3 is 18.0 Å². The molecule has 3 aliphatic rings. The molecule has 0 spiro atoms. The zero-order valence-electron chi connectivity index (χ0n) is 21.7. The number of hydrogen-bond acceptors (Lipinski definition) is 5. The fourth-order valence-electron chi connectivity index (χ4n) is 5.53. The summed E-state index contributed by atoms with van der Waals surface area (Å²) in [5, 5.41) is 16.3. The third-order valence-corrected chi connectivity index (χ3v) is 7.95. The van der Waals surface area contributed by atoms with Crippen molar-refractivity contribution in [2.24, 2.45) is 28.6 Å². The van der Waals surface area contributed by atoms with Crippen molar-refractivity contribution in [1.82, 2.24) is 20.9 Å². The molecule has 3 N–H and O–H groups in total. The standard InChI is InChI=1S/C24H32F5N5O4/c1-21(2,3)16(33-20(38)23(25,26)24(27,28)29)19(37)34-10-13-14(22(13,4)5)15(34)18(36)32-12(9-30)8-11-6-7-31-17(11)35/h11-16H,6-8,10H2,1-5H3,(H,31,35)(H,32,36)(H,33,38)/t11-,12-,13-,14-,15-,16+/m0/s1. The van der Waals surface area contributed by atoms with E-state index in [1.54, 1.807) is 5.32 Å². The van der Waals surface area contributed by atoms with Crippen LogP contribution in [-0.2, 0) is 19.2 Å². The Hall–Kier alpha value is -2.98. The lowest BCUT2D eigenvalue weighted by Gasteiger charge is -2.38. The predicted molar refractivity (Wildman–Crippen MR) is 122 cm³/mol. The van der Waals surface area contributed by atoms with Crippen molar-refractivity contribution in [2.45, 2.75) is 77.7 Å². The molecule has 1 aliphatic carbocycles. The summed E-state index contributed by atoms with van der Waals surface area (Å²) in [6, 6.07) is -2.04. The monoisotopic (exact) mass is 549 g/mol. The second-order valence-corrected chi connectivity index (χ2v) is 11.9. The number of piperidine rings is 1. The molecule has 6 atom stereocenters. The lowest BCUT2D eigenvalue weighted by atomic mass is 9.85. The van der Waals surface area contributed by atoms with Crippen LogP contribution in [0.4, 0.5) is 22.0 Å². The Kier molecular flexibility index (Phi) is 7.51. The van der Waals surface area contributed by atoms with E-state index in [1.807, 2.05) is 19.9 Å². The van der Waals surface area contributed by atoms with Gasteiger partial charge in [-0.1, -0.05) is 34.6 Å². The van der Waals surface area contributed by atoms with Crippen molar-refractivity contribution >= 4 is 23.6 Å². The molecular formula is C24H32F5N5O4. The molecule has 0 radical (unpaired) electrons. The highest BCUT2D eigenvalue weighted by Crippen LogP contribution is 2.65. The minimum Gasteiger partial charge on any atom is -0.356 e. The maximum atomic E-state index is 13.7. The number of likely N-dealkylation sites (tertiary alicyclic amines) is 1. The number of amides is 4. The Labute approximate surface area is 216 Å². The van der Waals surface area contributed by atoms with Crippen LogP contribution in [0, 0.1) is 39.9 Å². The molecule has 9 nitrogen and oxygen atoms in total. The third-order valence-electron chi connectivity index (χ3n) is 7.95.